The summed E-state index contributed by atoms with van der Waals surface area (Å²) in [6.07, 6.45) is 5.53. The predicted octanol–water partition coefficient (Wildman–Crippen LogP) is 1.97. The molecule has 0 radical (unpaired) electrons. The van der Waals surface area contributed by atoms with Crippen LogP contribution in [0.25, 0.3) is 10.2 Å². The molecule has 3 rings (SSSR count). The summed E-state index contributed by atoms with van der Waals surface area (Å²) in [5, 5.41) is 5.21. The summed E-state index contributed by atoms with van der Waals surface area (Å²) in [6.45, 7) is 2.12. The highest BCUT2D eigenvalue weighted by molar-refractivity contribution is 7.89. The average Bonchev–Trinajstić information content (AvgIpc) is 2.98. The maximum Gasteiger partial charge on any atom is 0.252 e. The minimum atomic E-state index is -3.84. The molecule has 7 nitrogen and oxygen atoms in total. The van der Waals surface area contributed by atoms with Gasteiger partial charge in [0.15, 0.2) is 4.80 Å². The van der Waals surface area contributed by atoms with Crippen LogP contribution in [0.5, 0.6) is 5.75 Å². The van der Waals surface area contributed by atoms with Gasteiger partial charge in [0.2, 0.25) is 10.0 Å². The van der Waals surface area contributed by atoms with Gasteiger partial charge in [0.25, 0.3) is 5.91 Å². The van der Waals surface area contributed by atoms with Crippen LogP contribution in [0.4, 0.5) is 0 Å². The summed E-state index contributed by atoms with van der Waals surface area (Å²) in [5.41, 5.74) is 2.43. The van der Waals surface area contributed by atoms with Crippen molar-refractivity contribution in [3.63, 3.8) is 0 Å². The first-order valence-corrected chi connectivity index (χ1v) is 10.9. The van der Waals surface area contributed by atoms with Gasteiger partial charge in [0, 0.05) is 5.56 Å². The van der Waals surface area contributed by atoms with Gasteiger partial charge in [-0.2, -0.15) is 4.99 Å². The number of fused-ring (bicyclic) bond motifs is 1. The number of sulfonamides is 1. The van der Waals surface area contributed by atoms with Crippen LogP contribution in [0.3, 0.4) is 0 Å². The van der Waals surface area contributed by atoms with Gasteiger partial charge in [-0.25, -0.2) is 13.6 Å². The molecule has 1 heterocycles. The van der Waals surface area contributed by atoms with Crippen molar-refractivity contribution in [2.24, 2.45) is 10.1 Å². The van der Waals surface area contributed by atoms with Crippen LogP contribution < -0.4 is 14.7 Å². The van der Waals surface area contributed by atoms with Gasteiger partial charge in [-0.1, -0.05) is 35.0 Å². The predicted molar refractivity (Wildman–Crippen MR) is 112 cm³/mol. The summed E-state index contributed by atoms with van der Waals surface area (Å²) < 4.78 is 30.9. The van der Waals surface area contributed by atoms with Crippen molar-refractivity contribution in [2.75, 3.05) is 7.11 Å². The number of carbonyl (C=O) groups is 1. The summed E-state index contributed by atoms with van der Waals surface area (Å²) >= 11 is 1.17. The van der Waals surface area contributed by atoms with Crippen molar-refractivity contribution in [1.29, 1.82) is 0 Å². The van der Waals surface area contributed by atoms with E-state index in [0.29, 0.717) is 20.8 Å². The number of nitrogens with two attached hydrogens (primary N) is 1. The Labute approximate surface area is 172 Å². The topological polar surface area (TPSA) is 104 Å². The Hall–Kier alpha value is -2.93. The molecule has 0 unspecified atom stereocenters. The van der Waals surface area contributed by atoms with Crippen LogP contribution in [0, 0.1) is 19.3 Å². The van der Waals surface area contributed by atoms with Gasteiger partial charge in [-0.05, 0) is 31.2 Å². The first kappa shape index (κ1) is 20.8. The van der Waals surface area contributed by atoms with E-state index in [0.717, 1.165) is 11.1 Å². The van der Waals surface area contributed by atoms with Crippen LogP contribution in [0.1, 0.15) is 11.1 Å². The van der Waals surface area contributed by atoms with E-state index in [-0.39, 0.29) is 23.8 Å². The van der Waals surface area contributed by atoms with E-state index in [1.165, 1.54) is 23.5 Å². The number of terminal acetylenes is 1. The Kier molecular flexibility index (Phi) is 5.88. The van der Waals surface area contributed by atoms with E-state index < -0.39 is 10.0 Å². The zero-order valence-electron chi connectivity index (χ0n) is 15.9. The van der Waals surface area contributed by atoms with Gasteiger partial charge < -0.3 is 9.30 Å². The quantitative estimate of drug-likeness (QED) is 0.626. The number of aryl methyl sites for hydroxylation is 1. The normalized spacial score (nSPS) is 12.1. The minimum Gasteiger partial charge on any atom is -0.496 e. The van der Waals surface area contributed by atoms with Crippen LogP contribution in [0.2, 0.25) is 0 Å². The molecule has 2 aromatic carbocycles. The smallest absolute Gasteiger partial charge is 0.252 e. The van der Waals surface area contributed by atoms with Crippen LogP contribution >= 0.6 is 11.3 Å². The van der Waals surface area contributed by atoms with Crippen molar-refractivity contribution in [2.45, 2.75) is 24.8 Å². The number of amides is 1. The monoisotopic (exact) mass is 429 g/mol. The van der Waals surface area contributed by atoms with Gasteiger partial charge in [-0.3, -0.25) is 4.79 Å². The van der Waals surface area contributed by atoms with Gasteiger partial charge in [0.05, 0.1) is 35.2 Å². The second kappa shape index (κ2) is 8.21. The molecule has 1 amide bonds. The fourth-order valence-corrected chi connectivity index (χ4v) is 4.61. The number of primary sulfonamides is 1. The lowest BCUT2D eigenvalue weighted by Crippen LogP contribution is -2.17. The number of benzene rings is 2. The number of rotatable bonds is 5. The number of hydrogen-bond acceptors (Lipinski definition) is 5. The largest absolute Gasteiger partial charge is 0.496 e. The van der Waals surface area contributed by atoms with E-state index in [9.17, 15) is 13.2 Å². The Morgan fingerprint density at radius 3 is 2.72 bits per heavy atom. The SMILES string of the molecule is C#CCn1c(=NC(=O)Cc2cc(C)ccc2OC)sc2cc(S(N)(=O)=O)ccc21. The molecule has 0 spiro atoms. The number of thiazole rings is 1. The van der Waals surface area contributed by atoms with Gasteiger partial charge in [0.1, 0.15) is 5.75 Å². The van der Waals surface area contributed by atoms with Gasteiger partial charge in [-0.15, -0.1) is 6.42 Å². The van der Waals surface area contributed by atoms with Crippen molar-refractivity contribution >= 4 is 37.5 Å². The summed E-state index contributed by atoms with van der Waals surface area (Å²) in [6, 6.07) is 10.1. The van der Waals surface area contributed by atoms with Crippen molar-refractivity contribution < 1.29 is 17.9 Å². The first-order valence-electron chi connectivity index (χ1n) is 8.53. The molecule has 3 aromatic rings. The molecule has 29 heavy (non-hydrogen) atoms. The molecule has 2 N–H and O–H groups in total. The number of hydrogen-bond donors (Lipinski definition) is 1. The van der Waals surface area contributed by atoms with E-state index in [1.807, 2.05) is 25.1 Å². The highest BCUT2D eigenvalue weighted by Gasteiger charge is 2.14. The maximum absolute atomic E-state index is 12.6. The summed E-state index contributed by atoms with van der Waals surface area (Å²) in [7, 11) is -2.29. The summed E-state index contributed by atoms with van der Waals surface area (Å²) in [5.74, 6) is 2.78. The molecule has 0 fully saturated rings. The van der Waals surface area contributed by atoms with Crippen molar-refractivity contribution in [1.82, 2.24) is 4.57 Å². The lowest BCUT2D eigenvalue weighted by atomic mass is 10.1. The molecular weight excluding hydrogens is 410 g/mol. The molecule has 0 aliphatic carbocycles. The molecule has 0 aliphatic rings. The molecular formula is C20H19N3O4S2. The highest BCUT2D eigenvalue weighted by atomic mass is 32.2. The standard InChI is InChI=1S/C20H19N3O4S2/c1-4-9-23-16-7-6-15(29(21,25)26)12-18(16)28-20(23)22-19(24)11-14-10-13(2)5-8-17(14)27-3/h1,5-8,10,12H,9,11H2,2-3H3,(H2,21,25,26). The highest BCUT2D eigenvalue weighted by Crippen LogP contribution is 2.22. The third-order valence-corrected chi connectivity index (χ3v) is 6.18. The first-order chi connectivity index (χ1) is 13.7. The molecule has 1 aromatic heterocycles. The van der Waals surface area contributed by atoms with E-state index in [2.05, 4.69) is 10.9 Å². The Bertz CT molecular complexity index is 1310. The van der Waals surface area contributed by atoms with Crippen LogP contribution in [0.15, 0.2) is 46.3 Å². The number of aromatic nitrogens is 1. The molecule has 0 aliphatic heterocycles. The maximum atomic E-state index is 12.6. The van der Waals surface area contributed by atoms with Crippen LogP contribution in [-0.2, 0) is 27.8 Å². The van der Waals surface area contributed by atoms with E-state index in [1.54, 1.807) is 17.7 Å². The Morgan fingerprint density at radius 1 is 1.31 bits per heavy atom. The molecule has 150 valence electrons. The van der Waals surface area contributed by atoms with Crippen LogP contribution in [-0.4, -0.2) is 26.0 Å². The van der Waals surface area contributed by atoms with Crippen molar-refractivity contribution in [3.8, 4) is 18.1 Å². The zero-order valence-corrected chi connectivity index (χ0v) is 17.5. The number of ether oxygens (including phenoxy) is 1. The molecule has 0 saturated heterocycles. The Morgan fingerprint density at radius 2 is 2.07 bits per heavy atom. The molecule has 9 heteroatoms. The number of nitrogens with zero attached hydrogens (tertiary/aromatic N) is 2. The molecule has 0 saturated carbocycles. The third-order valence-electron chi connectivity index (χ3n) is 4.23. The van der Waals surface area contributed by atoms with E-state index in [4.69, 9.17) is 16.3 Å². The average molecular weight is 430 g/mol. The van der Waals surface area contributed by atoms with Crippen molar-refractivity contribution in [3.05, 3.63) is 52.3 Å². The fraction of sp³-hybridized carbons (Fsp3) is 0.200. The Balaban J connectivity index is 2.07. The lowest BCUT2D eigenvalue weighted by Gasteiger charge is -2.07. The lowest BCUT2D eigenvalue weighted by molar-refractivity contribution is -0.117. The zero-order chi connectivity index (χ0) is 21.2. The number of methoxy groups -OCH3 is 1. The second-order valence-electron chi connectivity index (χ2n) is 6.35. The van der Waals surface area contributed by atoms with E-state index >= 15 is 0 Å². The minimum absolute atomic E-state index is 0.0125. The number of carbonyl (C=O) groups excluding carboxylic acids is 1. The fourth-order valence-electron chi connectivity index (χ4n) is 2.91. The molecule has 0 bridgehead atoms. The molecule has 0 atom stereocenters. The third kappa shape index (κ3) is 4.56. The summed E-state index contributed by atoms with van der Waals surface area (Å²) in [4.78, 5) is 17.2. The second-order valence-corrected chi connectivity index (χ2v) is 8.92. The van der Waals surface area contributed by atoms with Gasteiger partial charge >= 0.3 is 0 Å².